The maximum absolute atomic E-state index is 12.6. The molecule has 3 aromatic rings. The third-order valence-corrected chi connectivity index (χ3v) is 5.21. The Balaban J connectivity index is 1.45. The highest BCUT2D eigenvalue weighted by molar-refractivity contribution is 8.18. The van der Waals surface area contributed by atoms with Crippen LogP contribution in [0.4, 0.5) is 10.5 Å². The highest BCUT2D eigenvalue weighted by atomic mass is 32.2. The molecular formula is C22H17N3O3S. The average Bonchev–Trinajstić information content (AvgIpc) is 3.30. The zero-order valence-electron chi connectivity index (χ0n) is 15.3. The summed E-state index contributed by atoms with van der Waals surface area (Å²) in [7, 11) is 0. The second-order valence-corrected chi connectivity index (χ2v) is 7.36. The number of benzene rings is 2. The number of amides is 3. The van der Waals surface area contributed by atoms with Crippen molar-refractivity contribution >= 4 is 40.6 Å². The molecule has 0 saturated carbocycles. The summed E-state index contributed by atoms with van der Waals surface area (Å²) in [5, 5.41) is 2.23. The number of carbonyl (C=O) groups is 3. The Kier molecular flexibility index (Phi) is 5.31. The highest BCUT2D eigenvalue weighted by Gasteiger charge is 2.36. The first-order chi connectivity index (χ1) is 14.1. The van der Waals surface area contributed by atoms with E-state index in [1.54, 1.807) is 30.3 Å². The summed E-state index contributed by atoms with van der Waals surface area (Å²) in [6.45, 7) is -0.318. The number of carbonyl (C=O) groups excluding carboxylic acids is 3. The van der Waals surface area contributed by atoms with Crippen LogP contribution in [0.25, 0.3) is 11.8 Å². The molecule has 0 unspecified atom stereocenters. The van der Waals surface area contributed by atoms with Crippen LogP contribution >= 0.6 is 11.8 Å². The fourth-order valence-electron chi connectivity index (χ4n) is 2.91. The lowest BCUT2D eigenvalue weighted by molar-refractivity contribution is -0.127. The predicted molar refractivity (Wildman–Crippen MR) is 114 cm³/mol. The Morgan fingerprint density at radius 2 is 1.66 bits per heavy atom. The second-order valence-electron chi connectivity index (χ2n) is 6.37. The zero-order valence-corrected chi connectivity index (χ0v) is 16.1. The van der Waals surface area contributed by atoms with Crippen molar-refractivity contribution in [1.82, 2.24) is 9.47 Å². The maximum atomic E-state index is 12.6. The van der Waals surface area contributed by atoms with Gasteiger partial charge in [-0.15, -0.1) is 0 Å². The molecule has 2 heterocycles. The number of nitrogens with one attached hydrogen (secondary N) is 1. The number of hydrogen-bond donors (Lipinski definition) is 1. The van der Waals surface area contributed by atoms with Crippen molar-refractivity contribution in [2.24, 2.45) is 0 Å². The van der Waals surface area contributed by atoms with Crippen LogP contribution in [-0.2, 0) is 9.59 Å². The lowest BCUT2D eigenvalue weighted by atomic mass is 10.3. The molecule has 0 aliphatic carbocycles. The van der Waals surface area contributed by atoms with Crippen LogP contribution in [0, 0.1) is 0 Å². The van der Waals surface area contributed by atoms with E-state index in [1.807, 2.05) is 59.4 Å². The van der Waals surface area contributed by atoms with Gasteiger partial charge in [-0.1, -0.05) is 36.4 Å². The molecule has 0 spiro atoms. The van der Waals surface area contributed by atoms with Gasteiger partial charge >= 0.3 is 0 Å². The molecule has 4 rings (SSSR count). The van der Waals surface area contributed by atoms with Crippen molar-refractivity contribution in [3.8, 4) is 5.69 Å². The topological polar surface area (TPSA) is 71.4 Å². The van der Waals surface area contributed by atoms with Crippen LogP contribution in [0.15, 0.2) is 84.0 Å². The first-order valence-corrected chi connectivity index (χ1v) is 9.75. The van der Waals surface area contributed by atoms with Gasteiger partial charge in [0.1, 0.15) is 6.54 Å². The molecule has 7 heteroatoms. The summed E-state index contributed by atoms with van der Waals surface area (Å²) in [6.07, 6.45) is 5.43. The van der Waals surface area contributed by atoms with E-state index in [0.717, 1.165) is 27.9 Å². The smallest absolute Gasteiger partial charge is 0.294 e. The molecule has 29 heavy (non-hydrogen) atoms. The lowest BCUT2D eigenvalue weighted by Gasteiger charge is -2.12. The van der Waals surface area contributed by atoms with E-state index in [-0.39, 0.29) is 6.54 Å². The minimum absolute atomic E-state index is 0.299. The second kappa shape index (κ2) is 8.20. The van der Waals surface area contributed by atoms with Crippen molar-refractivity contribution in [2.45, 2.75) is 0 Å². The molecule has 0 bridgehead atoms. The van der Waals surface area contributed by atoms with Gasteiger partial charge in [0, 0.05) is 23.8 Å². The van der Waals surface area contributed by atoms with Gasteiger partial charge in [-0.05, 0) is 53.7 Å². The number of nitrogens with zero attached hydrogens (tertiary/aromatic N) is 2. The largest absolute Gasteiger partial charge is 0.325 e. The van der Waals surface area contributed by atoms with Gasteiger partial charge < -0.3 is 9.88 Å². The van der Waals surface area contributed by atoms with E-state index >= 15 is 0 Å². The summed E-state index contributed by atoms with van der Waals surface area (Å²) in [5.41, 5.74) is 2.41. The number of imide groups is 1. The summed E-state index contributed by atoms with van der Waals surface area (Å²) in [6, 6.07) is 20.5. The van der Waals surface area contributed by atoms with Crippen LogP contribution in [0.2, 0.25) is 0 Å². The maximum Gasteiger partial charge on any atom is 0.294 e. The van der Waals surface area contributed by atoms with Gasteiger partial charge in [0.2, 0.25) is 5.91 Å². The molecule has 1 fully saturated rings. The minimum atomic E-state index is -0.462. The molecule has 1 saturated heterocycles. The van der Waals surface area contributed by atoms with Crippen molar-refractivity contribution in [3.05, 3.63) is 89.6 Å². The van der Waals surface area contributed by atoms with Gasteiger partial charge in [-0.2, -0.15) is 0 Å². The number of anilines is 1. The quantitative estimate of drug-likeness (QED) is 0.650. The molecule has 1 aliphatic heterocycles. The standard InChI is InChI=1S/C22H17N3O3S/c26-20(23-17-7-3-1-4-8-17)15-25-21(27)19(29-22(25)28)13-16-11-12-24(14-16)18-9-5-2-6-10-18/h1-14H,15H2,(H,23,26)/b19-13+. The number of aromatic nitrogens is 1. The van der Waals surface area contributed by atoms with E-state index in [9.17, 15) is 14.4 Å². The van der Waals surface area contributed by atoms with E-state index in [0.29, 0.717) is 10.6 Å². The monoisotopic (exact) mass is 403 g/mol. The minimum Gasteiger partial charge on any atom is -0.325 e. The van der Waals surface area contributed by atoms with Crippen LogP contribution in [-0.4, -0.2) is 33.1 Å². The summed E-state index contributed by atoms with van der Waals surface area (Å²) in [5.74, 6) is -0.884. The number of hydrogen-bond acceptors (Lipinski definition) is 4. The van der Waals surface area contributed by atoms with E-state index < -0.39 is 17.1 Å². The molecule has 144 valence electrons. The average molecular weight is 403 g/mol. The van der Waals surface area contributed by atoms with Crippen molar-refractivity contribution in [2.75, 3.05) is 11.9 Å². The zero-order chi connectivity index (χ0) is 20.2. The molecule has 0 radical (unpaired) electrons. The van der Waals surface area contributed by atoms with Gasteiger partial charge in [0.05, 0.1) is 4.91 Å². The van der Waals surface area contributed by atoms with E-state index in [1.165, 1.54) is 0 Å². The van der Waals surface area contributed by atoms with Crippen LogP contribution in [0.5, 0.6) is 0 Å². The first kappa shape index (κ1) is 18.8. The molecule has 0 atom stereocenters. The third kappa shape index (κ3) is 4.30. The van der Waals surface area contributed by atoms with Crippen LogP contribution < -0.4 is 5.32 Å². The Hall–Kier alpha value is -3.58. The fourth-order valence-corrected chi connectivity index (χ4v) is 3.75. The predicted octanol–water partition coefficient (Wildman–Crippen LogP) is 4.15. The SMILES string of the molecule is O=C(CN1C(=O)S/C(=C/c2ccn(-c3ccccc3)c2)C1=O)Nc1ccccc1. The number of para-hydroxylation sites is 2. The van der Waals surface area contributed by atoms with Gasteiger partial charge in [-0.3, -0.25) is 19.3 Å². The molecule has 3 amide bonds. The normalized spacial score (nSPS) is 15.2. The van der Waals surface area contributed by atoms with Crippen molar-refractivity contribution in [1.29, 1.82) is 0 Å². The number of rotatable bonds is 5. The Labute approximate surface area is 171 Å². The molecular weight excluding hydrogens is 386 g/mol. The molecule has 6 nitrogen and oxygen atoms in total. The molecule has 1 N–H and O–H groups in total. The number of thioether (sulfide) groups is 1. The Morgan fingerprint density at radius 1 is 0.966 bits per heavy atom. The van der Waals surface area contributed by atoms with Crippen LogP contribution in [0.1, 0.15) is 5.56 Å². The fraction of sp³-hybridized carbons (Fsp3) is 0.0455. The molecule has 1 aliphatic rings. The van der Waals surface area contributed by atoms with Crippen LogP contribution in [0.3, 0.4) is 0 Å². The van der Waals surface area contributed by atoms with Gasteiger partial charge in [-0.25, -0.2) is 0 Å². The van der Waals surface area contributed by atoms with Gasteiger partial charge in [0.15, 0.2) is 0 Å². The molecule has 1 aromatic heterocycles. The van der Waals surface area contributed by atoms with Gasteiger partial charge in [0.25, 0.3) is 11.1 Å². The van der Waals surface area contributed by atoms with Crippen molar-refractivity contribution in [3.63, 3.8) is 0 Å². The summed E-state index contributed by atoms with van der Waals surface area (Å²) in [4.78, 5) is 38.3. The van der Waals surface area contributed by atoms with Crippen molar-refractivity contribution < 1.29 is 14.4 Å². The van der Waals surface area contributed by atoms with E-state index in [2.05, 4.69) is 5.32 Å². The van der Waals surface area contributed by atoms with E-state index in [4.69, 9.17) is 0 Å². The summed E-state index contributed by atoms with van der Waals surface area (Å²) < 4.78 is 1.93. The molecule has 2 aromatic carbocycles. The lowest BCUT2D eigenvalue weighted by Crippen LogP contribution is -2.36. The first-order valence-electron chi connectivity index (χ1n) is 8.94. The highest BCUT2D eigenvalue weighted by Crippen LogP contribution is 2.32. The third-order valence-electron chi connectivity index (χ3n) is 4.30. The Bertz CT molecular complexity index is 1090. The summed E-state index contributed by atoms with van der Waals surface area (Å²) >= 11 is 0.839. The Morgan fingerprint density at radius 3 is 2.38 bits per heavy atom.